The van der Waals surface area contributed by atoms with Crippen LogP contribution in [0.2, 0.25) is 0 Å². The summed E-state index contributed by atoms with van der Waals surface area (Å²) >= 11 is 0. The van der Waals surface area contributed by atoms with Crippen molar-refractivity contribution in [1.29, 1.82) is 0 Å². The van der Waals surface area contributed by atoms with E-state index in [1.807, 2.05) is 0 Å². The van der Waals surface area contributed by atoms with E-state index in [-0.39, 0.29) is 18.9 Å². The Labute approximate surface area is 52.9 Å². The van der Waals surface area contributed by atoms with Crippen LogP contribution in [0.1, 0.15) is 6.42 Å². The number of carboxylic acid groups (broad SMARTS) is 1. The molecule has 0 aliphatic heterocycles. The minimum absolute atomic E-state index is 0.0767. The van der Waals surface area contributed by atoms with Gasteiger partial charge in [0.15, 0.2) is 0 Å². The Morgan fingerprint density at radius 2 is 2.11 bits per heavy atom. The highest BCUT2D eigenvalue weighted by atomic mass is 16.4. The van der Waals surface area contributed by atoms with E-state index in [9.17, 15) is 9.59 Å². The van der Waals surface area contributed by atoms with Gasteiger partial charge in [0.1, 0.15) is 6.54 Å². The number of nitrogens with one attached hydrogen (secondary N) is 1. The molecule has 0 aliphatic carbocycles. The molecule has 1 amide bonds. The smallest absolute Gasteiger partial charge is 0.322 e. The minimum Gasteiger partial charge on any atom is -0.480 e. The molecule has 0 unspecified atom stereocenters. The average molecular weight is 130 g/mol. The maximum Gasteiger partial charge on any atom is 0.322 e. The second kappa shape index (κ2) is 3.88. The van der Waals surface area contributed by atoms with Crippen molar-refractivity contribution in [3.63, 3.8) is 0 Å². The number of hydrogen-bond acceptors (Lipinski definition) is 2. The third kappa shape index (κ3) is 4.80. The van der Waals surface area contributed by atoms with Crippen LogP contribution in [0.4, 0.5) is 0 Å². The number of aliphatic carboxylic acids is 1. The zero-order valence-electron chi connectivity index (χ0n) is 4.89. The molecule has 4 heteroatoms. The predicted octanol–water partition coefficient (Wildman–Crippen LogP) is -0.589. The van der Waals surface area contributed by atoms with Crippen LogP contribution in [0.25, 0.3) is 0 Å². The first kappa shape index (κ1) is 7.94. The quantitative estimate of drug-likeness (QED) is 0.536. The van der Waals surface area contributed by atoms with E-state index in [0.29, 0.717) is 0 Å². The largest absolute Gasteiger partial charge is 0.480 e. The first-order valence-electron chi connectivity index (χ1n) is 2.44. The molecule has 0 rings (SSSR count). The number of rotatable bonds is 3. The monoisotopic (exact) mass is 130 g/mol. The summed E-state index contributed by atoms with van der Waals surface area (Å²) in [4.78, 5) is 20.1. The molecule has 2 N–H and O–H groups in total. The fourth-order valence-corrected chi connectivity index (χ4v) is 0.263. The Morgan fingerprint density at radius 3 is 2.44 bits per heavy atom. The van der Waals surface area contributed by atoms with Crippen LogP contribution in [-0.4, -0.2) is 23.5 Å². The molecular formula is C5H8NO3. The molecule has 1 radical (unpaired) electrons. The SMILES string of the molecule is [CH2]CC(=O)NCC(=O)O. The van der Waals surface area contributed by atoms with E-state index in [1.165, 1.54) is 0 Å². The second-order valence-electron chi connectivity index (χ2n) is 1.42. The van der Waals surface area contributed by atoms with Crippen molar-refractivity contribution in [3.05, 3.63) is 6.92 Å². The molecule has 0 aliphatic rings. The number of hydrogen-bond donors (Lipinski definition) is 2. The summed E-state index contributed by atoms with van der Waals surface area (Å²) in [5.74, 6) is -1.39. The van der Waals surface area contributed by atoms with Gasteiger partial charge < -0.3 is 10.4 Å². The van der Waals surface area contributed by atoms with Gasteiger partial charge in [-0.3, -0.25) is 9.59 Å². The molecule has 0 saturated heterocycles. The molecule has 0 fully saturated rings. The van der Waals surface area contributed by atoms with E-state index in [4.69, 9.17) is 5.11 Å². The molecule has 0 atom stereocenters. The zero-order chi connectivity index (χ0) is 7.28. The number of carbonyl (C=O) groups excluding carboxylic acids is 1. The fourth-order valence-electron chi connectivity index (χ4n) is 0.263. The molecular weight excluding hydrogens is 122 g/mol. The summed E-state index contributed by atoms with van der Waals surface area (Å²) in [7, 11) is 0. The Kier molecular flexibility index (Phi) is 3.43. The van der Waals surface area contributed by atoms with Crippen LogP contribution in [0.3, 0.4) is 0 Å². The van der Waals surface area contributed by atoms with Gasteiger partial charge in [0.05, 0.1) is 0 Å². The van der Waals surface area contributed by atoms with Crippen molar-refractivity contribution in [3.8, 4) is 0 Å². The van der Waals surface area contributed by atoms with Crippen LogP contribution in [-0.2, 0) is 9.59 Å². The standard InChI is InChI=1S/C5H8NO3/c1-2-4(7)6-3-5(8)9/h1-3H2,(H,6,7)(H,8,9). The second-order valence-corrected chi connectivity index (χ2v) is 1.42. The van der Waals surface area contributed by atoms with Gasteiger partial charge in [-0.15, -0.1) is 0 Å². The van der Waals surface area contributed by atoms with Crippen LogP contribution in [0.15, 0.2) is 0 Å². The summed E-state index contributed by atoms with van der Waals surface area (Å²) in [6.07, 6.45) is 0.0767. The molecule has 0 heterocycles. The average Bonchev–Trinajstić information content (AvgIpc) is 1.83. The normalized spacial score (nSPS) is 8.56. The van der Waals surface area contributed by atoms with E-state index in [1.54, 1.807) is 0 Å². The highest BCUT2D eigenvalue weighted by molar-refractivity contribution is 5.81. The molecule has 0 saturated carbocycles. The minimum atomic E-state index is -1.04. The van der Waals surface area contributed by atoms with Crippen molar-refractivity contribution in [2.45, 2.75) is 6.42 Å². The molecule has 0 aromatic carbocycles. The molecule has 0 spiro atoms. The lowest BCUT2D eigenvalue weighted by atomic mass is 10.4. The topological polar surface area (TPSA) is 66.4 Å². The third-order valence-electron chi connectivity index (χ3n) is 0.664. The lowest BCUT2D eigenvalue weighted by Gasteiger charge is -1.95. The zero-order valence-corrected chi connectivity index (χ0v) is 4.89. The maximum absolute atomic E-state index is 10.3. The number of amides is 1. The summed E-state index contributed by atoms with van der Waals surface area (Å²) in [6.45, 7) is 2.93. The first-order valence-corrected chi connectivity index (χ1v) is 2.44. The van der Waals surface area contributed by atoms with Crippen molar-refractivity contribution in [2.24, 2.45) is 0 Å². The summed E-state index contributed by atoms with van der Waals surface area (Å²) in [5.41, 5.74) is 0. The highest BCUT2D eigenvalue weighted by Crippen LogP contribution is 1.71. The first-order chi connectivity index (χ1) is 4.16. The molecule has 4 nitrogen and oxygen atoms in total. The van der Waals surface area contributed by atoms with E-state index in [2.05, 4.69) is 12.2 Å². The maximum atomic E-state index is 10.3. The van der Waals surface area contributed by atoms with Gasteiger partial charge in [0.2, 0.25) is 5.91 Å². The van der Waals surface area contributed by atoms with Crippen molar-refractivity contribution in [1.82, 2.24) is 5.32 Å². The third-order valence-corrected chi connectivity index (χ3v) is 0.664. The van der Waals surface area contributed by atoms with Gasteiger partial charge in [0, 0.05) is 6.42 Å². The van der Waals surface area contributed by atoms with E-state index in [0.717, 1.165) is 0 Å². The Morgan fingerprint density at radius 1 is 1.56 bits per heavy atom. The van der Waals surface area contributed by atoms with E-state index < -0.39 is 5.97 Å². The molecule has 51 valence electrons. The number of carbonyl (C=O) groups is 2. The summed E-state index contributed by atoms with van der Waals surface area (Å²) in [5, 5.41) is 10.2. The lowest BCUT2D eigenvalue weighted by Crippen LogP contribution is -2.28. The van der Waals surface area contributed by atoms with Gasteiger partial charge in [-0.25, -0.2) is 0 Å². The Bertz CT molecular complexity index is 121. The predicted molar refractivity (Wildman–Crippen MR) is 30.6 cm³/mol. The molecule has 0 aromatic rings. The molecule has 9 heavy (non-hydrogen) atoms. The Hall–Kier alpha value is -1.06. The lowest BCUT2D eigenvalue weighted by molar-refractivity contribution is -0.137. The van der Waals surface area contributed by atoms with Crippen LogP contribution in [0, 0.1) is 6.92 Å². The van der Waals surface area contributed by atoms with Crippen LogP contribution in [0.5, 0.6) is 0 Å². The van der Waals surface area contributed by atoms with Crippen molar-refractivity contribution in [2.75, 3.05) is 6.54 Å². The fraction of sp³-hybridized carbons (Fsp3) is 0.400. The summed E-state index contributed by atoms with van der Waals surface area (Å²) < 4.78 is 0. The summed E-state index contributed by atoms with van der Waals surface area (Å²) in [6, 6.07) is 0. The van der Waals surface area contributed by atoms with Crippen LogP contribution >= 0.6 is 0 Å². The molecule has 0 bridgehead atoms. The Balaban J connectivity index is 3.28. The van der Waals surface area contributed by atoms with Gasteiger partial charge in [0.25, 0.3) is 0 Å². The number of carboxylic acids is 1. The van der Waals surface area contributed by atoms with Crippen molar-refractivity contribution >= 4 is 11.9 Å². The van der Waals surface area contributed by atoms with Gasteiger partial charge in [-0.2, -0.15) is 0 Å². The van der Waals surface area contributed by atoms with Crippen molar-refractivity contribution < 1.29 is 14.7 Å². The van der Waals surface area contributed by atoms with Gasteiger partial charge >= 0.3 is 5.97 Å². The van der Waals surface area contributed by atoms with E-state index >= 15 is 0 Å². The van der Waals surface area contributed by atoms with Gasteiger partial charge in [-0.1, -0.05) is 0 Å². The van der Waals surface area contributed by atoms with Crippen LogP contribution < -0.4 is 5.32 Å². The highest BCUT2D eigenvalue weighted by Gasteiger charge is 1.98. The molecule has 0 aromatic heterocycles. The van der Waals surface area contributed by atoms with Gasteiger partial charge in [-0.05, 0) is 6.92 Å².